The monoisotopic (exact) mass is 469 g/mol. The molecule has 0 aliphatic carbocycles. The Morgan fingerprint density at radius 1 is 0.879 bits per heavy atom. The summed E-state index contributed by atoms with van der Waals surface area (Å²) < 4.78 is 14.2. The van der Waals surface area contributed by atoms with Gasteiger partial charge in [-0.15, -0.1) is 0 Å². The van der Waals surface area contributed by atoms with E-state index in [-0.39, 0.29) is 19.0 Å². The van der Waals surface area contributed by atoms with Gasteiger partial charge in [-0.05, 0) is 29.8 Å². The van der Waals surface area contributed by atoms with Crippen LogP contribution in [-0.2, 0) is 27.4 Å². The second-order valence-electron chi connectivity index (χ2n) is 8.39. The van der Waals surface area contributed by atoms with E-state index in [4.69, 9.17) is 21.1 Å². The molecule has 0 bridgehead atoms. The van der Waals surface area contributed by atoms with Crippen LogP contribution in [0.1, 0.15) is 18.4 Å². The van der Waals surface area contributed by atoms with Crippen molar-refractivity contribution in [2.45, 2.75) is 31.7 Å². The lowest BCUT2D eigenvalue weighted by molar-refractivity contribution is -0.187. The highest BCUT2D eigenvalue weighted by molar-refractivity contribution is 6.30. The molecule has 2 fully saturated rings. The van der Waals surface area contributed by atoms with E-state index >= 15 is 0 Å². The molecule has 0 unspecified atom stereocenters. The molecule has 33 heavy (non-hydrogen) atoms. The first-order chi connectivity index (χ1) is 16.0. The van der Waals surface area contributed by atoms with E-state index in [1.54, 1.807) is 35.2 Å². The average molecular weight is 470 g/mol. The summed E-state index contributed by atoms with van der Waals surface area (Å²) >= 11 is 5.96. The van der Waals surface area contributed by atoms with Crippen molar-refractivity contribution in [3.63, 3.8) is 0 Å². The van der Waals surface area contributed by atoms with Gasteiger partial charge in [0.25, 0.3) is 0 Å². The quantitative estimate of drug-likeness (QED) is 0.547. The van der Waals surface area contributed by atoms with Gasteiger partial charge in [-0.3, -0.25) is 23.5 Å². The number of fused-ring (bicyclic) bond motifs is 1. The van der Waals surface area contributed by atoms with E-state index in [2.05, 4.69) is 0 Å². The van der Waals surface area contributed by atoms with E-state index < -0.39 is 16.9 Å². The Hall–Kier alpha value is -2.94. The summed E-state index contributed by atoms with van der Waals surface area (Å²) in [6.45, 7) is 2.15. The van der Waals surface area contributed by atoms with Gasteiger partial charge in [0, 0.05) is 31.0 Å². The number of aromatic nitrogens is 2. The molecule has 1 amide bonds. The van der Waals surface area contributed by atoms with Crippen LogP contribution >= 0.6 is 11.6 Å². The highest BCUT2D eigenvalue weighted by atomic mass is 35.5. The van der Waals surface area contributed by atoms with Crippen molar-refractivity contribution in [1.82, 2.24) is 14.0 Å². The molecule has 1 spiro atoms. The molecule has 3 aromatic rings. The zero-order valence-electron chi connectivity index (χ0n) is 18.0. The van der Waals surface area contributed by atoms with Crippen molar-refractivity contribution in [2.75, 3.05) is 26.3 Å². The van der Waals surface area contributed by atoms with Gasteiger partial charge < -0.3 is 14.4 Å². The lowest BCUT2D eigenvalue weighted by atomic mass is 10.0. The summed E-state index contributed by atoms with van der Waals surface area (Å²) in [7, 11) is 0. The molecule has 8 nitrogen and oxygen atoms in total. The average Bonchev–Trinajstić information content (AvgIpc) is 3.29. The molecule has 0 atom stereocenters. The smallest absolute Gasteiger partial charge is 0.317 e. The van der Waals surface area contributed by atoms with Gasteiger partial charge in [-0.2, -0.15) is 0 Å². The number of likely N-dealkylation sites (tertiary alicyclic amines) is 1. The highest BCUT2D eigenvalue weighted by Gasteiger charge is 2.40. The normalized spacial score (nSPS) is 17.7. The molecule has 2 aliphatic rings. The van der Waals surface area contributed by atoms with Crippen molar-refractivity contribution in [1.29, 1.82) is 0 Å². The van der Waals surface area contributed by atoms with E-state index in [1.807, 2.05) is 18.2 Å². The fraction of sp³-hybridized carbons (Fsp3) is 0.375. The number of carbonyl (C=O) groups excluding carboxylic acids is 1. The molecule has 1 aromatic heterocycles. The SMILES string of the molecule is O=C(Cn1c(=O)c(=O)n(Cc2ccc(Cl)cc2)c2ccccc21)N1CCC2(CC1)OCCO2. The largest absolute Gasteiger partial charge is 0.347 e. The zero-order valence-corrected chi connectivity index (χ0v) is 18.8. The highest BCUT2D eigenvalue weighted by Crippen LogP contribution is 2.31. The van der Waals surface area contributed by atoms with E-state index in [9.17, 15) is 14.4 Å². The van der Waals surface area contributed by atoms with Crippen molar-refractivity contribution in [3.8, 4) is 0 Å². The number of rotatable bonds is 4. The standard InChI is InChI=1S/C24H24ClN3O5/c25-18-7-5-17(6-8-18)15-27-19-3-1-2-4-20(19)28(23(31)22(27)30)16-21(29)26-11-9-24(10-12-26)32-13-14-33-24/h1-8H,9-16H2. The van der Waals surface area contributed by atoms with Gasteiger partial charge in [0.15, 0.2) is 5.79 Å². The third kappa shape index (κ3) is 4.21. The predicted molar refractivity (Wildman–Crippen MR) is 123 cm³/mol. The second kappa shape index (κ2) is 8.78. The zero-order chi connectivity index (χ0) is 23.0. The van der Waals surface area contributed by atoms with E-state index in [1.165, 1.54) is 9.13 Å². The number of amides is 1. The number of halogens is 1. The summed E-state index contributed by atoms with van der Waals surface area (Å²) in [5.74, 6) is -0.785. The van der Waals surface area contributed by atoms with Crippen molar-refractivity contribution < 1.29 is 14.3 Å². The molecule has 0 radical (unpaired) electrons. The van der Waals surface area contributed by atoms with Crippen LogP contribution in [0.25, 0.3) is 11.0 Å². The molecular formula is C24H24ClN3O5. The van der Waals surface area contributed by atoms with Crippen molar-refractivity contribution >= 4 is 28.5 Å². The lowest BCUT2D eigenvalue weighted by Crippen LogP contribution is -2.49. The third-order valence-electron chi connectivity index (χ3n) is 6.38. The molecule has 0 N–H and O–H groups in total. The predicted octanol–water partition coefficient (Wildman–Crippen LogP) is 2.23. The minimum absolute atomic E-state index is 0.189. The van der Waals surface area contributed by atoms with Crippen LogP contribution in [0.2, 0.25) is 5.02 Å². The summed E-state index contributed by atoms with van der Waals surface area (Å²) in [5, 5.41) is 0.597. The molecule has 3 heterocycles. The number of hydrogen-bond acceptors (Lipinski definition) is 5. The third-order valence-corrected chi connectivity index (χ3v) is 6.63. The molecule has 2 aromatic carbocycles. The van der Waals surface area contributed by atoms with Gasteiger partial charge >= 0.3 is 11.1 Å². The minimum Gasteiger partial charge on any atom is -0.347 e. The minimum atomic E-state index is -0.716. The van der Waals surface area contributed by atoms with Crippen LogP contribution < -0.4 is 11.1 Å². The Bertz CT molecular complexity index is 1300. The Morgan fingerprint density at radius 3 is 2.09 bits per heavy atom. The number of carbonyl (C=O) groups is 1. The maximum atomic E-state index is 13.1. The van der Waals surface area contributed by atoms with Crippen LogP contribution in [0, 0.1) is 0 Å². The molecule has 0 saturated carbocycles. The van der Waals surface area contributed by atoms with Gasteiger partial charge in [0.2, 0.25) is 5.91 Å². The maximum absolute atomic E-state index is 13.1. The summed E-state index contributed by atoms with van der Waals surface area (Å²) in [6, 6.07) is 14.3. The Labute approximate surface area is 194 Å². The Morgan fingerprint density at radius 2 is 1.45 bits per heavy atom. The number of ether oxygens (including phenoxy) is 2. The number of benzene rings is 2. The van der Waals surface area contributed by atoms with Crippen LogP contribution in [0.15, 0.2) is 58.1 Å². The Balaban J connectivity index is 1.44. The fourth-order valence-corrected chi connectivity index (χ4v) is 4.70. The van der Waals surface area contributed by atoms with Crippen molar-refractivity contribution in [3.05, 3.63) is 79.8 Å². The first kappa shape index (κ1) is 21.9. The van der Waals surface area contributed by atoms with Crippen molar-refractivity contribution in [2.24, 2.45) is 0 Å². The van der Waals surface area contributed by atoms with Crippen LogP contribution in [0.3, 0.4) is 0 Å². The fourth-order valence-electron chi connectivity index (χ4n) is 4.57. The summed E-state index contributed by atoms with van der Waals surface area (Å²) in [6.07, 6.45) is 1.19. The molecular weight excluding hydrogens is 446 g/mol. The van der Waals surface area contributed by atoms with E-state index in [0.29, 0.717) is 55.2 Å². The van der Waals surface area contributed by atoms with Crippen LogP contribution in [-0.4, -0.2) is 52.0 Å². The summed E-state index contributed by atoms with van der Waals surface area (Å²) in [5.41, 5.74) is 0.600. The number of piperidine rings is 1. The molecule has 5 rings (SSSR count). The Kier molecular flexibility index (Phi) is 5.82. The topological polar surface area (TPSA) is 82.8 Å². The second-order valence-corrected chi connectivity index (χ2v) is 8.82. The number of para-hydroxylation sites is 2. The molecule has 2 aliphatic heterocycles. The van der Waals surface area contributed by atoms with Gasteiger partial charge in [-0.1, -0.05) is 35.9 Å². The first-order valence-electron chi connectivity index (χ1n) is 11.0. The lowest BCUT2D eigenvalue weighted by Gasteiger charge is -2.37. The van der Waals surface area contributed by atoms with Gasteiger partial charge in [-0.25, -0.2) is 0 Å². The first-order valence-corrected chi connectivity index (χ1v) is 11.4. The van der Waals surface area contributed by atoms with Crippen LogP contribution in [0.5, 0.6) is 0 Å². The summed E-state index contributed by atoms with van der Waals surface area (Å²) in [4.78, 5) is 40.9. The van der Waals surface area contributed by atoms with Gasteiger partial charge in [0.1, 0.15) is 6.54 Å². The van der Waals surface area contributed by atoms with Gasteiger partial charge in [0.05, 0.1) is 30.8 Å². The number of nitrogens with zero attached hydrogens (tertiary/aromatic N) is 3. The van der Waals surface area contributed by atoms with Crippen LogP contribution in [0.4, 0.5) is 0 Å². The molecule has 172 valence electrons. The molecule has 2 saturated heterocycles. The maximum Gasteiger partial charge on any atom is 0.317 e. The number of hydrogen-bond donors (Lipinski definition) is 0. The molecule has 9 heteroatoms. The van der Waals surface area contributed by atoms with E-state index in [0.717, 1.165) is 5.56 Å².